The van der Waals surface area contributed by atoms with Crippen molar-refractivity contribution in [1.82, 2.24) is 0 Å². The van der Waals surface area contributed by atoms with Crippen molar-refractivity contribution in [3.8, 4) is 5.75 Å². The van der Waals surface area contributed by atoms with E-state index >= 15 is 0 Å². The number of hydrogen-bond donors (Lipinski definition) is 0. The Morgan fingerprint density at radius 3 is 2.44 bits per heavy atom. The van der Waals surface area contributed by atoms with Crippen LogP contribution in [0.15, 0.2) is 65.6 Å². The minimum Gasteiger partial charge on any atom is -0.487 e. The van der Waals surface area contributed by atoms with Gasteiger partial charge in [0.25, 0.3) is 16.8 Å². The van der Waals surface area contributed by atoms with Crippen LogP contribution in [-0.2, 0) is 11.4 Å². The number of ether oxygens (including phenoxy) is 1. The minimum atomic E-state index is -0.445. The third-order valence-corrected chi connectivity index (χ3v) is 7.50. The van der Waals surface area contributed by atoms with E-state index in [-0.39, 0.29) is 12.3 Å². The first kappa shape index (κ1) is 24.9. The fourth-order valence-electron chi connectivity index (χ4n) is 3.18. The van der Waals surface area contributed by atoms with Crippen LogP contribution in [0.2, 0.25) is 5.02 Å². The van der Waals surface area contributed by atoms with Gasteiger partial charge in [-0.25, -0.2) is 4.90 Å². The summed E-state index contributed by atoms with van der Waals surface area (Å²) in [5.74, 6) is 0.202. The van der Waals surface area contributed by atoms with Crippen LogP contribution >= 0.6 is 68.5 Å². The van der Waals surface area contributed by atoms with E-state index in [0.717, 1.165) is 29.4 Å². The highest BCUT2D eigenvalue weighted by Gasteiger charge is 2.37. The van der Waals surface area contributed by atoms with Gasteiger partial charge in [-0.15, -0.1) is 0 Å². The summed E-state index contributed by atoms with van der Waals surface area (Å²) in [6, 6.07) is 16.7. The third kappa shape index (κ3) is 5.39. The lowest BCUT2D eigenvalue weighted by atomic mass is 10.2. The Balaban J connectivity index is 1.54. The van der Waals surface area contributed by atoms with Gasteiger partial charge in [0.2, 0.25) is 0 Å². The molecule has 2 amide bonds. The van der Waals surface area contributed by atoms with Crippen LogP contribution in [0, 0.1) is 17.3 Å². The van der Waals surface area contributed by atoms with Gasteiger partial charge in [-0.3, -0.25) is 19.7 Å². The van der Waals surface area contributed by atoms with Crippen molar-refractivity contribution in [3.63, 3.8) is 0 Å². The van der Waals surface area contributed by atoms with E-state index in [1.165, 1.54) is 12.1 Å². The van der Waals surface area contributed by atoms with E-state index in [2.05, 4.69) is 45.2 Å². The SMILES string of the molecule is O=C1S/C(=C\c2cc(I)c(OCc3cccc([N+](=O)[O-])c3)c(I)c2)C(=O)N1c1ccccc1Cl. The van der Waals surface area contributed by atoms with E-state index in [1.807, 2.05) is 12.1 Å². The maximum Gasteiger partial charge on any atom is 0.298 e. The summed E-state index contributed by atoms with van der Waals surface area (Å²) in [6.07, 6.45) is 1.66. The molecule has 1 heterocycles. The molecule has 7 nitrogen and oxygen atoms in total. The first-order chi connectivity index (χ1) is 16.2. The number of halogens is 3. The fourth-order valence-corrected chi connectivity index (χ4v) is 6.36. The Hall–Kier alpha value is -2.16. The molecule has 1 fully saturated rings. The van der Waals surface area contributed by atoms with Gasteiger partial charge in [0, 0.05) is 12.1 Å². The van der Waals surface area contributed by atoms with Crippen molar-refractivity contribution < 1.29 is 19.2 Å². The Morgan fingerprint density at radius 2 is 1.76 bits per heavy atom. The van der Waals surface area contributed by atoms with Crippen molar-refractivity contribution in [2.75, 3.05) is 4.90 Å². The Bertz CT molecular complexity index is 1340. The smallest absolute Gasteiger partial charge is 0.298 e. The zero-order chi connectivity index (χ0) is 24.4. The number of amides is 2. The second kappa shape index (κ2) is 10.6. The van der Waals surface area contributed by atoms with E-state index in [0.29, 0.717) is 26.9 Å². The summed E-state index contributed by atoms with van der Waals surface area (Å²) in [5.41, 5.74) is 1.77. The molecular weight excluding hydrogens is 706 g/mol. The number of nitro benzene ring substituents is 1. The molecule has 3 aromatic rings. The summed E-state index contributed by atoms with van der Waals surface area (Å²) >= 11 is 11.3. The fraction of sp³-hybridized carbons (Fsp3) is 0.0435. The Morgan fingerprint density at radius 1 is 1.06 bits per heavy atom. The predicted octanol–water partition coefficient (Wildman–Crippen LogP) is 7.28. The molecule has 0 N–H and O–H groups in total. The normalized spacial score (nSPS) is 14.7. The number of carbonyl (C=O) groups is 2. The van der Waals surface area contributed by atoms with Crippen molar-refractivity contribution >= 4 is 97.1 Å². The Labute approximate surface area is 230 Å². The first-order valence-corrected chi connectivity index (χ1v) is 13.0. The first-order valence-electron chi connectivity index (χ1n) is 9.62. The van der Waals surface area contributed by atoms with Crippen LogP contribution in [0.5, 0.6) is 5.75 Å². The molecule has 4 rings (SSSR count). The quantitative estimate of drug-likeness (QED) is 0.115. The molecule has 1 saturated heterocycles. The number of nitrogens with zero attached hydrogens (tertiary/aromatic N) is 2. The molecule has 1 aliphatic heterocycles. The molecule has 0 spiro atoms. The van der Waals surface area contributed by atoms with Crippen molar-refractivity contribution in [2.24, 2.45) is 0 Å². The predicted molar refractivity (Wildman–Crippen MR) is 149 cm³/mol. The van der Waals surface area contributed by atoms with Gasteiger partial charge in [0.05, 0.1) is 27.7 Å². The number of non-ortho nitro benzene ring substituents is 1. The summed E-state index contributed by atoms with van der Waals surface area (Å²) in [4.78, 5) is 37.3. The molecule has 34 heavy (non-hydrogen) atoms. The maximum atomic E-state index is 12.9. The molecule has 0 bridgehead atoms. The number of para-hydroxylation sites is 1. The van der Waals surface area contributed by atoms with Crippen LogP contribution in [0.3, 0.4) is 0 Å². The topological polar surface area (TPSA) is 89.7 Å². The second-order valence-electron chi connectivity index (χ2n) is 7.00. The van der Waals surface area contributed by atoms with E-state index < -0.39 is 16.1 Å². The summed E-state index contributed by atoms with van der Waals surface area (Å²) < 4.78 is 7.53. The van der Waals surface area contributed by atoms with E-state index in [1.54, 1.807) is 42.5 Å². The van der Waals surface area contributed by atoms with Crippen LogP contribution in [0.25, 0.3) is 6.08 Å². The molecule has 0 saturated carbocycles. The number of nitro groups is 1. The Kier molecular flexibility index (Phi) is 7.80. The highest BCUT2D eigenvalue weighted by Crippen LogP contribution is 2.39. The largest absolute Gasteiger partial charge is 0.487 e. The van der Waals surface area contributed by atoms with Gasteiger partial charge in [-0.2, -0.15) is 0 Å². The third-order valence-electron chi connectivity index (χ3n) is 4.71. The second-order valence-corrected chi connectivity index (χ2v) is 10.7. The molecule has 0 unspecified atom stereocenters. The highest BCUT2D eigenvalue weighted by molar-refractivity contribution is 14.1. The molecule has 0 aliphatic carbocycles. The number of hydrogen-bond acceptors (Lipinski definition) is 6. The van der Waals surface area contributed by atoms with E-state index in [9.17, 15) is 19.7 Å². The average molecular weight is 719 g/mol. The van der Waals surface area contributed by atoms with Crippen molar-refractivity contribution in [3.05, 3.63) is 99.0 Å². The number of anilines is 1. The lowest BCUT2D eigenvalue weighted by Crippen LogP contribution is -2.27. The van der Waals surface area contributed by atoms with Crippen LogP contribution in [0.1, 0.15) is 11.1 Å². The maximum absolute atomic E-state index is 12.9. The number of rotatable bonds is 6. The van der Waals surface area contributed by atoms with Crippen LogP contribution < -0.4 is 9.64 Å². The molecule has 3 aromatic carbocycles. The molecule has 0 aromatic heterocycles. The number of thioether (sulfide) groups is 1. The zero-order valence-corrected chi connectivity index (χ0v) is 22.9. The molecule has 0 radical (unpaired) electrons. The van der Waals surface area contributed by atoms with Crippen LogP contribution in [-0.4, -0.2) is 16.1 Å². The molecule has 1 aliphatic rings. The van der Waals surface area contributed by atoms with E-state index in [4.69, 9.17) is 16.3 Å². The highest BCUT2D eigenvalue weighted by atomic mass is 127. The molecule has 0 atom stereocenters. The van der Waals surface area contributed by atoms with Gasteiger partial charge >= 0.3 is 0 Å². The molecular formula is C23H13ClI2N2O5S. The van der Waals surface area contributed by atoms with Gasteiger partial charge < -0.3 is 4.74 Å². The molecule has 172 valence electrons. The van der Waals surface area contributed by atoms with Gasteiger partial charge in [0.15, 0.2) is 0 Å². The lowest BCUT2D eigenvalue weighted by molar-refractivity contribution is -0.384. The van der Waals surface area contributed by atoms with Crippen molar-refractivity contribution in [2.45, 2.75) is 6.61 Å². The monoisotopic (exact) mass is 718 g/mol. The minimum absolute atomic E-state index is 0.00609. The number of benzene rings is 3. The molecule has 11 heteroatoms. The van der Waals surface area contributed by atoms with Gasteiger partial charge in [0.1, 0.15) is 12.4 Å². The standard InChI is InChI=1S/C23H13ClI2N2O5S/c24-16-6-1-2-7-19(16)27-22(29)20(34-23(27)30)11-14-9-17(25)21(18(26)10-14)33-12-13-4-3-5-15(8-13)28(31)32/h1-11H,12H2/b20-11-. The van der Waals surface area contributed by atoms with Gasteiger partial charge in [-0.1, -0.05) is 35.9 Å². The summed E-state index contributed by atoms with van der Waals surface area (Å²) in [6.45, 7) is 0.170. The lowest BCUT2D eigenvalue weighted by Gasteiger charge is -2.13. The zero-order valence-electron chi connectivity index (χ0n) is 17.0. The average Bonchev–Trinajstić information content (AvgIpc) is 3.06. The summed E-state index contributed by atoms with van der Waals surface area (Å²) in [7, 11) is 0. The van der Waals surface area contributed by atoms with Crippen molar-refractivity contribution in [1.29, 1.82) is 0 Å². The summed E-state index contributed by atoms with van der Waals surface area (Å²) in [5, 5.41) is 10.9. The van der Waals surface area contributed by atoms with Crippen LogP contribution in [0.4, 0.5) is 16.2 Å². The number of imide groups is 1. The van der Waals surface area contributed by atoms with Gasteiger partial charge in [-0.05, 0) is 98.4 Å². The number of carbonyl (C=O) groups excluding carboxylic acids is 2.